The second-order valence-electron chi connectivity index (χ2n) is 8.66. The van der Waals surface area contributed by atoms with Gasteiger partial charge in [-0.25, -0.2) is 4.98 Å². The summed E-state index contributed by atoms with van der Waals surface area (Å²) in [7, 11) is 0. The number of aromatic nitrogens is 2. The van der Waals surface area contributed by atoms with Crippen LogP contribution in [0.15, 0.2) is 47.3 Å². The Kier molecular flexibility index (Phi) is 4.89. The molecule has 0 unspecified atom stereocenters. The van der Waals surface area contributed by atoms with E-state index in [0.29, 0.717) is 21.5 Å². The number of likely N-dealkylation sites (tertiary alicyclic amines) is 1. The summed E-state index contributed by atoms with van der Waals surface area (Å²) >= 11 is 5.90. The minimum atomic E-state index is -0.570. The zero-order chi connectivity index (χ0) is 22.5. The van der Waals surface area contributed by atoms with Crippen molar-refractivity contribution in [3.05, 3.63) is 69.0 Å². The van der Waals surface area contributed by atoms with Crippen LogP contribution in [0.2, 0.25) is 5.02 Å². The maximum atomic E-state index is 13.2. The van der Waals surface area contributed by atoms with E-state index >= 15 is 0 Å². The van der Waals surface area contributed by atoms with Crippen LogP contribution < -0.4 is 16.6 Å². The molecule has 1 saturated heterocycles. The van der Waals surface area contributed by atoms with Gasteiger partial charge in [0.25, 0.3) is 11.5 Å². The molecule has 0 atom stereocenters. The van der Waals surface area contributed by atoms with Crippen LogP contribution in [0.25, 0.3) is 11.0 Å². The zero-order valence-electron chi connectivity index (χ0n) is 17.3. The third-order valence-electron chi connectivity index (χ3n) is 6.22. The lowest BCUT2D eigenvalue weighted by Crippen LogP contribution is -2.53. The highest BCUT2D eigenvalue weighted by Gasteiger charge is 2.53. The predicted octanol–water partition coefficient (Wildman–Crippen LogP) is 2.18. The monoisotopic (exact) mass is 451 g/mol. The van der Waals surface area contributed by atoms with E-state index in [1.54, 1.807) is 41.3 Å². The first kappa shape index (κ1) is 20.5. The molecule has 3 aromatic rings. The summed E-state index contributed by atoms with van der Waals surface area (Å²) in [6, 6.07) is 11.8. The fourth-order valence-corrected chi connectivity index (χ4v) is 4.24. The van der Waals surface area contributed by atoms with Gasteiger partial charge < -0.3 is 16.0 Å². The Morgan fingerprint density at radius 2 is 1.84 bits per heavy atom. The highest BCUT2D eigenvalue weighted by atomic mass is 35.5. The Hall–Kier alpha value is -3.39. The summed E-state index contributed by atoms with van der Waals surface area (Å²) in [6.45, 7) is 1.52. The zero-order valence-corrected chi connectivity index (χ0v) is 18.1. The van der Waals surface area contributed by atoms with Crippen LogP contribution >= 0.6 is 11.6 Å². The SMILES string of the molecule is Nc1ccc2cc(C(=O)NCc3ccc(Cl)cc3)c(=O)n(CC(=O)N3CC4(CC4)C3)c2n1. The molecule has 9 heteroatoms. The summed E-state index contributed by atoms with van der Waals surface area (Å²) in [5, 5.41) is 3.92. The third kappa shape index (κ3) is 3.82. The van der Waals surface area contributed by atoms with E-state index < -0.39 is 11.5 Å². The molecule has 3 N–H and O–H groups in total. The van der Waals surface area contributed by atoms with Gasteiger partial charge in [-0.1, -0.05) is 23.7 Å². The molecule has 0 bridgehead atoms. The van der Waals surface area contributed by atoms with Crippen LogP contribution in [0.5, 0.6) is 0 Å². The summed E-state index contributed by atoms with van der Waals surface area (Å²) in [5.41, 5.74) is 6.66. The van der Waals surface area contributed by atoms with Crippen molar-refractivity contribution in [2.24, 2.45) is 5.41 Å². The van der Waals surface area contributed by atoms with Gasteiger partial charge >= 0.3 is 0 Å². The van der Waals surface area contributed by atoms with Crippen LogP contribution in [0, 0.1) is 5.41 Å². The second kappa shape index (κ2) is 7.63. The standard InChI is InChI=1S/C23H22ClN5O3/c24-16-4-1-14(2-5-16)10-26-21(31)17-9-15-3-6-18(25)27-20(15)29(22(17)32)11-19(30)28-12-23(13-28)7-8-23/h1-6,9H,7-8,10-13H2,(H2,25,27)(H,26,31). The first-order valence-corrected chi connectivity index (χ1v) is 10.8. The molecule has 2 amide bonds. The van der Waals surface area contributed by atoms with Crippen molar-refractivity contribution in [3.8, 4) is 0 Å². The number of anilines is 1. The second-order valence-corrected chi connectivity index (χ2v) is 9.09. The van der Waals surface area contributed by atoms with Gasteiger partial charge in [-0.3, -0.25) is 19.0 Å². The van der Waals surface area contributed by atoms with Crippen molar-refractivity contribution in [2.45, 2.75) is 25.9 Å². The average Bonchev–Trinajstić information content (AvgIpc) is 3.55. The van der Waals surface area contributed by atoms with E-state index in [-0.39, 0.29) is 30.4 Å². The topological polar surface area (TPSA) is 110 Å². The average molecular weight is 452 g/mol. The Bertz CT molecular complexity index is 1290. The van der Waals surface area contributed by atoms with E-state index in [9.17, 15) is 14.4 Å². The highest BCUT2D eigenvalue weighted by Crippen LogP contribution is 2.52. The summed E-state index contributed by atoms with van der Waals surface area (Å²) < 4.78 is 1.25. The number of rotatable bonds is 5. The Balaban J connectivity index is 1.43. The van der Waals surface area contributed by atoms with Gasteiger partial charge in [-0.05, 0) is 48.7 Å². The first-order chi connectivity index (χ1) is 15.3. The van der Waals surface area contributed by atoms with E-state index in [4.69, 9.17) is 17.3 Å². The fraction of sp³-hybridized carbons (Fsp3) is 0.304. The molecule has 2 aliphatic rings. The quantitative estimate of drug-likeness (QED) is 0.617. The molecular weight excluding hydrogens is 430 g/mol. The summed E-state index contributed by atoms with van der Waals surface area (Å²) in [4.78, 5) is 44.9. The van der Waals surface area contributed by atoms with Crippen LogP contribution in [0.3, 0.4) is 0 Å². The number of hydrogen-bond acceptors (Lipinski definition) is 5. The number of benzene rings is 1. The van der Waals surface area contributed by atoms with Gasteiger partial charge in [0.2, 0.25) is 5.91 Å². The van der Waals surface area contributed by atoms with Crippen LogP contribution in [-0.4, -0.2) is 39.4 Å². The van der Waals surface area contributed by atoms with Gasteiger partial charge in [0, 0.05) is 35.5 Å². The molecule has 2 aromatic heterocycles. The van der Waals surface area contributed by atoms with Gasteiger partial charge in [-0.15, -0.1) is 0 Å². The van der Waals surface area contributed by atoms with Gasteiger partial charge in [0.05, 0.1) is 0 Å². The van der Waals surface area contributed by atoms with Crippen molar-refractivity contribution in [1.29, 1.82) is 0 Å². The number of pyridine rings is 2. The van der Waals surface area contributed by atoms with Crippen LogP contribution in [-0.2, 0) is 17.9 Å². The minimum Gasteiger partial charge on any atom is -0.384 e. The number of nitrogens with one attached hydrogen (secondary N) is 1. The molecule has 0 radical (unpaired) electrons. The molecule has 3 heterocycles. The number of amides is 2. The van der Waals surface area contributed by atoms with Gasteiger partial charge in [0.15, 0.2) is 0 Å². The molecule has 32 heavy (non-hydrogen) atoms. The number of nitrogen functional groups attached to an aromatic ring is 1. The molecule has 1 aliphatic heterocycles. The number of carbonyl (C=O) groups is 2. The van der Waals surface area contributed by atoms with E-state index in [0.717, 1.165) is 31.5 Å². The lowest BCUT2D eigenvalue weighted by atomic mass is 9.97. The molecule has 2 fully saturated rings. The van der Waals surface area contributed by atoms with E-state index in [2.05, 4.69) is 10.3 Å². The summed E-state index contributed by atoms with van der Waals surface area (Å²) in [5.74, 6) is -0.446. The largest absolute Gasteiger partial charge is 0.384 e. The van der Waals surface area contributed by atoms with E-state index in [1.165, 1.54) is 10.6 Å². The lowest BCUT2D eigenvalue weighted by Gasteiger charge is -2.40. The van der Waals surface area contributed by atoms with Crippen molar-refractivity contribution >= 4 is 40.3 Å². The molecular formula is C23H22ClN5O3. The van der Waals surface area contributed by atoms with Crippen LogP contribution in [0.1, 0.15) is 28.8 Å². The number of fused-ring (bicyclic) bond motifs is 1. The number of halogens is 1. The summed E-state index contributed by atoms with van der Waals surface area (Å²) in [6.07, 6.45) is 2.31. The highest BCUT2D eigenvalue weighted by molar-refractivity contribution is 6.30. The Labute approximate surface area is 189 Å². The molecule has 1 spiro atoms. The maximum absolute atomic E-state index is 13.2. The normalized spacial score (nSPS) is 16.1. The van der Waals surface area contributed by atoms with E-state index in [1.807, 2.05) is 0 Å². The molecule has 164 valence electrons. The number of nitrogens with zero attached hydrogens (tertiary/aromatic N) is 3. The molecule has 1 aliphatic carbocycles. The van der Waals surface area contributed by atoms with Crippen molar-refractivity contribution in [1.82, 2.24) is 19.8 Å². The number of hydrogen-bond donors (Lipinski definition) is 2. The molecule has 5 rings (SSSR count). The first-order valence-electron chi connectivity index (χ1n) is 10.4. The Morgan fingerprint density at radius 1 is 1.12 bits per heavy atom. The van der Waals surface area contributed by atoms with Crippen LogP contribution in [0.4, 0.5) is 5.82 Å². The third-order valence-corrected chi connectivity index (χ3v) is 6.48. The Morgan fingerprint density at radius 3 is 2.53 bits per heavy atom. The molecule has 1 aromatic carbocycles. The molecule has 8 nitrogen and oxygen atoms in total. The number of carbonyl (C=O) groups excluding carboxylic acids is 2. The smallest absolute Gasteiger partial charge is 0.265 e. The van der Waals surface area contributed by atoms with Gasteiger partial charge in [0.1, 0.15) is 23.6 Å². The van der Waals surface area contributed by atoms with Crippen molar-refractivity contribution < 1.29 is 9.59 Å². The fourth-order valence-electron chi connectivity index (χ4n) is 4.12. The minimum absolute atomic E-state index is 0.0480. The maximum Gasteiger partial charge on any atom is 0.265 e. The lowest BCUT2D eigenvalue weighted by molar-refractivity contribution is -0.139. The number of nitrogens with two attached hydrogens (primary N) is 1. The van der Waals surface area contributed by atoms with Crippen molar-refractivity contribution in [2.75, 3.05) is 18.8 Å². The molecule has 1 saturated carbocycles. The van der Waals surface area contributed by atoms with Crippen molar-refractivity contribution in [3.63, 3.8) is 0 Å². The predicted molar refractivity (Wildman–Crippen MR) is 121 cm³/mol. The van der Waals surface area contributed by atoms with Gasteiger partial charge in [-0.2, -0.15) is 0 Å².